The van der Waals surface area contributed by atoms with E-state index in [0.717, 1.165) is 18.7 Å². The average molecular weight is 406 g/mol. The van der Waals surface area contributed by atoms with E-state index >= 15 is 0 Å². The number of nitrogens with zero attached hydrogens (tertiary/aromatic N) is 6. The van der Waals surface area contributed by atoms with Gasteiger partial charge in [0.25, 0.3) is 5.56 Å². The maximum atomic E-state index is 13.2. The van der Waals surface area contributed by atoms with E-state index in [2.05, 4.69) is 19.9 Å². The minimum absolute atomic E-state index is 0.00207. The van der Waals surface area contributed by atoms with Crippen molar-refractivity contribution in [1.82, 2.24) is 24.1 Å². The fraction of sp³-hybridized carbons (Fsp3) is 0.381. The zero-order chi connectivity index (χ0) is 20.8. The maximum absolute atomic E-state index is 13.2. The van der Waals surface area contributed by atoms with Crippen LogP contribution in [0.5, 0.6) is 0 Å². The van der Waals surface area contributed by atoms with Gasteiger partial charge >= 0.3 is 5.97 Å². The first kappa shape index (κ1) is 18.5. The van der Waals surface area contributed by atoms with Gasteiger partial charge in [-0.1, -0.05) is 0 Å². The Balaban J connectivity index is 1.51. The molecule has 2 aliphatic rings. The summed E-state index contributed by atoms with van der Waals surface area (Å²) in [6.45, 7) is 2.03. The molecular weight excluding hydrogens is 384 g/mol. The van der Waals surface area contributed by atoms with E-state index in [0.29, 0.717) is 35.9 Å². The highest BCUT2D eigenvalue weighted by Gasteiger charge is 2.37. The molecule has 1 fully saturated rings. The van der Waals surface area contributed by atoms with Crippen molar-refractivity contribution in [3.05, 3.63) is 58.7 Å². The topological polar surface area (TPSA) is 95.1 Å². The molecule has 5 rings (SSSR count). The second-order valence-corrected chi connectivity index (χ2v) is 7.90. The number of carbonyl (C=O) groups is 1. The summed E-state index contributed by atoms with van der Waals surface area (Å²) in [4.78, 5) is 40.2. The average Bonchev–Trinajstić information content (AvgIpc) is 3.19. The van der Waals surface area contributed by atoms with Crippen LogP contribution >= 0.6 is 0 Å². The molecule has 0 aromatic carbocycles. The number of fused-ring (bicyclic) bond motifs is 4. The number of aromatic nitrogens is 5. The molecule has 0 amide bonds. The summed E-state index contributed by atoms with van der Waals surface area (Å²) in [5.41, 5.74) is 2.00. The van der Waals surface area contributed by atoms with Crippen LogP contribution in [0.4, 0.5) is 5.82 Å². The number of hydrogen-bond acceptors (Lipinski definition) is 7. The van der Waals surface area contributed by atoms with E-state index in [1.807, 2.05) is 34.5 Å². The number of ether oxygens (including phenoxy) is 1. The largest absolute Gasteiger partial charge is 0.465 e. The quantitative estimate of drug-likeness (QED) is 0.608. The van der Waals surface area contributed by atoms with Gasteiger partial charge in [-0.2, -0.15) is 0 Å². The molecule has 2 atom stereocenters. The van der Waals surface area contributed by atoms with Crippen molar-refractivity contribution in [2.45, 2.75) is 18.9 Å². The van der Waals surface area contributed by atoms with Crippen LogP contribution in [-0.4, -0.2) is 50.3 Å². The number of hydrogen-bond donors (Lipinski definition) is 0. The summed E-state index contributed by atoms with van der Waals surface area (Å²) in [5.74, 6) is 1.29. The molecule has 3 aromatic rings. The number of imidazole rings is 1. The Labute approximate surface area is 173 Å². The fourth-order valence-electron chi connectivity index (χ4n) is 4.74. The third kappa shape index (κ3) is 2.89. The molecule has 0 unspecified atom stereocenters. The van der Waals surface area contributed by atoms with Crippen LogP contribution in [0.1, 0.15) is 28.4 Å². The smallest absolute Gasteiger partial charge is 0.343 e. The van der Waals surface area contributed by atoms with Gasteiger partial charge in [-0.15, -0.1) is 0 Å². The maximum Gasteiger partial charge on any atom is 0.343 e. The standard InChI is InChI=1S/C21H22N6O3/c1-25-6-5-23-18(25)15-3-4-17-14-7-13(10-27(17)20(15)28)9-26(11-14)19-16(21(29)30-2)8-22-12-24-19/h3-6,8,12-14H,7,9-11H2,1-2H3/t13-,14+/m0/s1. The van der Waals surface area contributed by atoms with Crippen molar-refractivity contribution in [2.24, 2.45) is 13.0 Å². The number of carbonyl (C=O) groups excluding carboxylic acids is 1. The van der Waals surface area contributed by atoms with Gasteiger partial charge in [-0.3, -0.25) is 4.79 Å². The molecule has 2 aliphatic heterocycles. The van der Waals surface area contributed by atoms with Crippen molar-refractivity contribution in [3.8, 4) is 11.4 Å². The third-order valence-corrected chi connectivity index (χ3v) is 6.06. The van der Waals surface area contributed by atoms with Crippen molar-refractivity contribution in [2.75, 3.05) is 25.1 Å². The number of pyridine rings is 1. The molecule has 1 saturated heterocycles. The first-order valence-electron chi connectivity index (χ1n) is 9.91. The Kier molecular flexibility index (Phi) is 4.38. The lowest BCUT2D eigenvalue weighted by Gasteiger charge is -2.43. The van der Waals surface area contributed by atoms with Crippen LogP contribution in [0.2, 0.25) is 0 Å². The minimum Gasteiger partial charge on any atom is -0.465 e. The van der Waals surface area contributed by atoms with Crippen LogP contribution in [0.25, 0.3) is 11.4 Å². The molecule has 30 heavy (non-hydrogen) atoms. The Morgan fingerprint density at radius 3 is 2.83 bits per heavy atom. The van der Waals surface area contributed by atoms with Gasteiger partial charge in [0.05, 0.1) is 12.7 Å². The van der Waals surface area contributed by atoms with E-state index in [9.17, 15) is 9.59 Å². The first-order valence-corrected chi connectivity index (χ1v) is 9.91. The highest BCUT2D eigenvalue weighted by molar-refractivity contribution is 5.94. The molecule has 0 radical (unpaired) electrons. The van der Waals surface area contributed by atoms with Crippen LogP contribution in [-0.2, 0) is 18.3 Å². The summed E-state index contributed by atoms with van der Waals surface area (Å²) >= 11 is 0. The summed E-state index contributed by atoms with van der Waals surface area (Å²) in [7, 11) is 3.24. The summed E-state index contributed by atoms with van der Waals surface area (Å²) in [6, 6.07) is 3.91. The normalized spacial score (nSPS) is 20.0. The Hall–Kier alpha value is -3.49. The Morgan fingerprint density at radius 2 is 2.07 bits per heavy atom. The fourth-order valence-corrected chi connectivity index (χ4v) is 4.74. The molecule has 0 aliphatic carbocycles. The molecule has 0 saturated carbocycles. The van der Waals surface area contributed by atoms with Crippen molar-refractivity contribution < 1.29 is 9.53 Å². The first-order chi connectivity index (χ1) is 14.6. The number of aryl methyl sites for hydroxylation is 1. The van der Waals surface area contributed by atoms with Gasteiger partial charge in [0.2, 0.25) is 0 Å². The number of piperidine rings is 1. The Morgan fingerprint density at radius 1 is 1.20 bits per heavy atom. The molecule has 9 heteroatoms. The predicted molar refractivity (Wildman–Crippen MR) is 109 cm³/mol. The zero-order valence-electron chi connectivity index (χ0n) is 16.9. The van der Waals surface area contributed by atoms with E-state index < -0.39 is 5.97 Å². The molecule has 2 bridgehead atoms. The lowest BCUT2D eigenvalue weighted by atomic mass is 9.83. The highest BCUT2D eigenvalue weighted by Crippen LogP contribution is 2.37. The molecular formula is C21H22N6O3. The van der Waals surface area contributed by atoms with Crippen molar-refractivity contribution >= 4 is 11.8 Å². The summed E-state index contributed by atoms with van der Waals surface area (Å²) < 4.78 is 8.66. The SMILES string of the molecule is COC(=O)c1cncnc1N1C[C@@H]2C[C@H](C1)c1ccc(-c3nccn3C)c(=O)n1C2. The summed E-state index contributed by atoms with van der Waals surface area (Å²) in [5, 5.41) is 0. The highest BCUT2D eigenvalue weighted by atomic mass is 16.5. The van der Waals surface area contributed by atoms with E-state index in [1.54, 1.807) is 6.20 Å². The monoisotopic (exact) mass is 406 g/mol. The van der Waals surface area contributed by atoms with Gasteiger partial charge in [-0.25, -0.2) is 19.7 Å². The molecule has 0 N–H and O–H groups in total. The van der Waals surface area contributed by atoms with Crippen molar-refractivity contribution in [1.29, 1.82) is 0 Å². The Bertz CT molecular complexity index is 1180. The minimum atomic E-state index is -0.447. The number of anilines is 1. The van der Waals surface area contributed by atoms with E-state index in [1.165, 1.54) is 19.6 Å². The van der Waals surface area contributed by atoms with E-state index in [4.69, 9.17) is 4.74 Å². The zero-order valence-corrected chi connectivity index (χ0v) is 16.9. The van der Waals surface area contributed by atoms with Crippen LogP contribution in [0.3, 0.4) is 0 Å². The summed E-state index contributed by atoms with van der Waals surface area (Å²) in [6.07, 6.45) is 7.49. The van der Waals surface area contributed by atoms with Crippen LogP contribution < -0.4 is 10.5 Å². The lowest BCUT2D eigenvalue weighted by molar-refractivity contribution is 0.0600. The van der Waals surface area contributed by atoms with Crippen LogP contribution in [0, 0.1) is 5.92 Å². The molecule has 9 nitrogen and oxygen atoms in total. The second kappa shape index (κ2) is 7.08. The van der Waals surface area contributed by atoms with Gasteiger partial charge in [0.1, 0.15) is 23.5 Å². The number of methoxy groups -OCH3 is 1. The second-order valence-electron chi connectivity index (χ2n) is 7.90. The number of rotatable bonds is 3. The van der Waals surface area contributed by atoms with Gasteiger partial charge < -0.3 is 18.8 Å². The van der Waals surface area contributed by atoms with Crippen LogP contribution in [0.15, 0.2) is 41.8 Å². The van der Waals surface area contributed by atoms with Gasteiger partial charge in [-0.05, 0) is 24.5 Å². The predicted octanol–water partition coefficient (Wildman–Crippen LogP) is 1.45. The van der Waals surface area contributed by atoms with E-state index in [-0.39, 0.29) is 17.4 Å². The molecule has 5 heterocycles. The third-order valence-electron chi connectivity index (χ3n) is 6.06. The number of esters is 1. The lowest BCUT2D eigenvalue weighted by Crippen LogP contribution is -2.48. The molecule has 0 spiro atoms. The van der Waals surface area contributed by atoms with Gasteiger partial charge in [0, 0.05) is 56.9 Å². The van der Waals surface area contributed by atoms with Gasteiger partial charge in [0.15, 0.2) is 0 Å². The van der Waals surface area contributed by atoms with Crippen molar-refractivity contribution in [3.63, 3.8) is 0 Å². The molecule has 154 valence electrons. The molecule has 3 aromatic heterocycles.